The van der Waals surface area contributed by atoms with E-state index >= 15 is 0 Å². The molecule has 146 valence electrons. The van der Waals surface area contributed by atoms with Crippen molar-refractivity contribution in [3.8, 4) is 0 Å². The molecule has 2 aliphatic rings. The van der Waals surface area contributed by atoms with Crippen LogP contribution in [0.15, 0.2) is 17.8 Å². The van der Waals surface area contributed by atoms with Gasteiger partial charge in [-0.05, 0) is 45.3 Å². The Morgan fingerprint density at radius 1 is 1.37 bits per heavy atom. The zero-order chi connectivity index (χ0) is 19.0. The number of amides is 1. The van der Waals surface area contributed by atoms with Crippen LogP contribution in [-0.4, -0.2) is 65.4 Å². The second-order valence-corrected chi connectivity index (χ2v) is 8.78. The molecule has 3 heterocycles. The lowest BCUT2D eigenvalue weighted by molar-refractivity contribution is -0.0684. The van der Waals surface area contributed by atoms with Crippen LogP contribution in [0.5, 0.6) is 0 Å². The highest BCUT2D eigenvalue weighted by atomic mass is 32.1. The van der Waals surface area contributed by atoms with Gasteiger partial charge in [-0.3, -0.25) is 9.48 Å². The van der Waals surface area contributed by atoms with Gasteiger partial charge < -0.3 is 14.5 Å². The number of aryl methyl sites for hydroxylation is 2. The Morgan fingerprint density at radius 3 is 2.93 bits per heavy atom. The highest BCUT2D eigenvalue weighted by molar-refractivity contribution is 7.10. The molecule has 27 heavy (non-hydrogen) atoms. The SMILES string of the molecule is CN(C)C[C@@H]1OCCN(C(=O)c2csc3c2CCCC3)[C@H]1c1cnn(C)c1. The Morgan fingerprint density at radius 2 is 2.19 bits per heavy atom. The van der Waals surface area contributed by atoms with Crippen LogP contribution in [0, 0.1) is 0 Å². The molecule has 1 aliphatic heterocycles. The van der Waals surface area contributed by atoms with Crippen LogP contribution in [0.25, 0.3) is 0 Å². The maximum atomic E-state index is 13.6. The van der Waals surface area contributed by atoms with Crippen molar-refractivity contribution in [2.24, 2.45) is 7.05 Å². The summed E-state index contributed by atoms with van der Waals surface area (Å²) in [4.78, 5) is 19.1. The molecular weight excluding hydrogens is 360 g/mol. The van der Waals surface area contributed by atoms with Gasteiger partial charge >= 0.3 is 0 Å². The van der Waals surface area contributed by atoms with E-state index in [0.29, 0.717) is 13.2 Å². The number of rotatable bonds is 4. The number of hydrogen-bond acceptors (Lipinski definition) is 5. The van der Waals surface area contributed by atoms with E-state index in [2.05, 4.69) is 15.4 Å². The minimum absolute atomic E-state index is 0.0589. The largest absolute Gasteiger partial charge is 0.373 e. The lowest BCUT2D eigenvalue weighted by Gasteiger charge is -2.42. The molecule has 4 rings (SSSR count). The van der Waals surface area contributed by atoms with E-state index in [0.717, 1.165) is 30.5 Å². The molecule has 1 aliphatic carbocycles. The maximum Gasteiger partial charge on any atom is 0.255 e. The topological polar surface area (TPSA) is 50.6 Å². The van der Waals surface area contributed by atoms with Gasteiger partial charge in [0.1, 0.15) is 0 Å². The van der Waals surface area contributed by atoms with Crippen LogP contribution >= 0.6 is 11.3 Å². The standard InChI is InChI=1S/C20H28N4O2S/c1-22(2)12-17-19(14-10-21-23(3)11-14)24(8-9-26-17)20(25)16-13-27-18-7-5-4-6-15(16)18/h10-11,13,17,19H,4-9,12H2,1-3H3/t17-,19-/m0/s1. The zero-order valence-corrected chi connectivity index (χ0v) is 17.2. The minimum atomic E-state index is -0.110. The van der Waals surface area contributed by atoms with E-state index in [4.69, 9.17) is 4.74 Å². The first-order valence-corrected chi connectivity index (χ1v) is 10.6. The van der Waals surface area contributed by atoms with E-state index in [1.807, 2.05) is 38.4 Å². The predicted molar refractivity (Wildman–Crippen MR) is 106 cm³/mol. The van der Waals surface area contributed by atoms with Crippen molar-refractivity contribution in [3.63, 3.8) is 0 Å². The highest BCUT2D eigenvalue weighted by Crippen LogP contribution is 2.35. The molecule has 0 N–H and O–H groups in total. The summed E-state index contributed by atoms with van der Waals surface area (Å²) in [6.45, 7) is 1.96. The lowest BCUT2D eigenvalue weighted by Crippen LogP contribution is -2.51. The third-order valence-electron chi connectivity index (χ3n) is 5.52. The van der Waals surface area contributed by atoms with Crippen LogP contribution in [-0.2, 0) is 24.6 Å². The van der Waals surface area contributed by atoms with E-state index in [9.17, 15) is 4.79 Å². The number of carbonyl (C=O) groups is 1. The number of ether oxygens (including phenoxy) is 1. The summed E-state index contributed by atoms with van der Waals surface area (Å²) >= 11 is 1.75. The Bertz CT molecular complexity index is 813. The number of fused-ring (bicyclic) bond motifs is 1. The van der Waals surface area contributed by atoms with Crippen LogP contribution in [0.3, 0.4) is 0 Å². The summed E-state index contributed by atoms with van der Waals surface area (Å²) in [7, 11) is 5.99. The molecular formula is C20H28N4O2S. The fraction of sp³-hybridized carbons (Fsp3) is 0.600. The lowest BCUT2D eigenvalue weighted by atomic mass is 9.94. The van der Waals surface area contributed by atoms with E-state index < -0.39 is 0 Å². The van der Waals surface area contributed by atoms with Gasteiger partial charge in [-0.15, -0.1) is 11.3 Å². The van der Waals surface area contributed by atoms with E-state index in [1.165, 1.54) is 23.3 Å². The van der Waals surface area contributed by atoms with Gasteiger partial charge in [0, 0.05) is 42.2 Å². The Balaban J connectivity index is 1.68. The molecule has 0 bridgehead atoms. The molecule has 2 aromatic heterocycles. The van der Waals surface area contributed by atoms with Gasteiger partial charge in [0.15, 0.2) is 0 Å². The van der Waals surface area contributed by atoms with Gasteiger partial charge in [-0.1, -0.05) is 0 Å². The molecule has 2 atom stereocenters. The minimum Gasteiger partial charge on any atom is -0.373 e. The fourth-order valence-corrected chi connectivity index (χ4v) is 5.41. The summed E-state index contributed by atoms with van der Waals surface area (Å²) in [5.74, 6) is 0.148. The zero-order valence-electron chi connectivity index (χ0n) is 16.4. The molecule has 0 spiro atoms. The fourth-order valence-electron chi connectivity index (χ4n) is 4.29. The number of morpholine rings is 1. The maximum absolute atomic E-state index is 13.6. The van der Waals surface area contributed by atoms with Crippen molar-refractivity contribution in [2.75, 3.05) is 33.8 Å². The summed E-state index contributed by atoms with van der Waals surface area (Å²) in [6, 6.07) is -0.110. The normalized spacial score (nSPS) is 22.9. The average Bonchev–Trinajstić information content (AvgIpc) is 3.26. The van der Waals surface area contributed by atoms with Crippen LogP contribution in [0.1, 0.15) is 45.2 Å². The molecule has 0 aromatic carbocycles. The molecule has 0 radical (unpaired) electrons. The molecule has 6 nitrogen and oxygen atoms in total. The number of carbonyl (C=O) groups excluding carboxylic acids is 1. The summed E-state index contributed by atoms with van der Waals surface area (Å²) in [6.07, 6.45) is 8.38. The van der Waals surface area contributed by atoms with Gasteiger partial charge in [0.2, 0.25) is 0 Å². The van der Waals surface area contributed by atoms with Crippen LogP contribution in [0.4, 0.5) is 0 Å². The van der Waals surface area contributed by atoms with Crippen molar-refractivity contribution in [1.29, 1.82) is 0 Å². The third kappa shape index (κ3) is 3.68. The molecule has 1 amide bonds. The van der Waals surface area contributed by atoms with Gasteiger partial charge in [-0.25, -0.2) is 0 Å². The molecule has 0 unspecified atom stereocenters. The summed E-state index contributed by atoms with van der Waals surface area (Å²) < 4.78 is 7.90. The van der Waals surface area contributed by atoms with E-state index in [1.54, 1.807) is 16.0 Å². The average molecular weight is 389 g/mol. The van der Waals surface area contributed by atoms with Gasteiger partial charge in [-0.2, -0.15) is 5.10 Å². The number of hydrogen-bond donors (Lipinski definition) is 0. The summed E-state index contributed by atoms with van der Waals surface area (Å²) in [5.41, 5.74) is 3.24. The van der Waals surface area contributed by atoms with Crippen molar-refractivity contribution in [3.05, 3.63) is 39.3 Å². The van der Waals surface area contributed by atoms with Crippen molar-refractivity contribution >= 4 is 17.2 Å². The second kappa shape index (κ2) is 7.73. The quantitative estimate of drug-likeness (QED) is 0.808. The predicted octanol–water partition coefficient (Wildman–Crippen LogP) is 2.50. The smallest absolute Gasteiger partial charge is 0.255 e. The Hall–Kier alpha value is -1.70. The Kier molecular flexibility index (Phi) is 5.34. The number of aromatic nitrogens is 2. The molecule has 7 heteroatoms. The second-order valence-electron chi connectivity index (χ2n) is 7.82. The van der Waals surface area contributed by atoms with Crippen LogP contribution in [0.2, 0.25) is 0 Å². The molecule has 2 aromatic rings. The van der Waals surface area contributed by atoms with Gasteiger partial charge in [0.25, 0.3) is 5.91 Å². The van der Waals surface area contributed by atoms with E-state index in [-0.39, 0.29) is 18.1 Å². The van der Waals surface area contributed by atoms with Crippen LogP contribution < -0.4 is 0 Å². The summed E-state index contributed by atoms with van der Waals surface area (Å²) in [5, 5.41) is 6.42. The monoisotopic (exact) mass is 388 g/mol. The molecule has 1 saturated heterocycles. The number of likely N-dealkylation sites (N-methyl/N-ethyl adjacent to an activating group) is 1. The first kappa shape index (κ1) is 18.7. The third-order valence-corrected chi connectivity index (χ3v) is 6.60. The molecule has 0 saturated carbocycles. The first-order valence-electron chi connectivity index (χ1n) is 9.69. The van der Waals surface area contributed by atoms with Crippen molar-refractivity contribution < 1.29 is 9.53 Å². The number of thiophene rings is 1. The highest BCUT2D eigenvalue weighted by Gasteiger charge is 2.38. The molecule has 1 fully saturated rings. The van der Waals surface area contributed by atoms with Gasteiger partial charge in [0.05, 0.1) is 30.5 Å². The van der Waals surface area contributed by atoms with Crippen molar-refractivity contribution in [1.82, 2.24) is 19.6 Å². The first-order chi connectivity index (χ1) is 13.0. The number of nitrogens with zero attached hydrogens (tertiary/aromatic N) is 4. The van der Waals surface area contributed by atoms with Crippen molar-refractivity contribution in [2.45, 2.75) is 37.8 Å². The Labute approximate surface area is 164 Å².